The van der Waals surface area contributed by atoms with E-state index in [0.717, 1.165) is 31.3 Å². The summed E-state index contributed by atoms with van der Waals surface area (Å²) in [6.45, 7) is -0.328. The van der Waals surface area contributed by atoms with Crippen LogP contribution >= 0.6 is 39.0 Å². The number of thioether (sulfide) groups is 1. The number of aromatic amines is 1. The van der Waals surface area contributed by atoms with Crippen LogP contribution in [0.2, 0.25) is 0 Å². The van der Waals surface area contributed by atoms with Crippen LogP contribution < -0.4 is 19.8 Å². The summed E-state index contributed by atoms with van der Waals surface area (Å²) < 4.78 is 20.2. The minimum Gasteiger partial charge on any atom is -0.483 e. The average Bonchev–Trinajstić information content (AvgIpc) is 3.80. The molecule has 3 aromatic carbocycles. The summed E-state index contributed by atoms with van der Waals surface area (Å²) in [4.78, 5) is 68.9. The van der Waals surface area contributed by atoms with Gasteiger partial charge in [-0.3, -0.25) is 34.2 Å². The summed E-state index contributed by atoms with van der Waals surface area (Å²) in [7, 11) is 0. The smallest absolute Gasteiger partial charge is 0.305 e. The fourth-order valence-corrected chi connectivity index (χ4v) is 11.4. The normalized spacial score (nSPS) is 26.6. The van der Waals surface area contributed by atoms with Gasteiger partial charge in [-0.2, -0.15) is 0 Å². The molecule has 2 saturated carbocycles. The zero-order valence-electron chi connectivity index (χ0n) is 24.6. The van der Waals surface area contributed by atoms with Gasteiger partial charge in [0.2, 0.25) is 11.8 Å². The van der Waals surface area contributed by atoms with Gasteiger partial charge >= 0.3 is 4.87 Å². The van der Waals surface area contributed by atoms with Crippen LogP contribution in [-0.4, -0.2) is 39.5 Å². The molecule has 48 heavy (non-hydrogen) atoms. The third kappa shape index (κ3) is 4.98. The number of anilines is 2. The first-order valence-electron chi connectivity index (χ1n) is 15.1. The summed E-state index contributed by atoms with van der Waals surface area (Å²) in [5.41, 5.74) is 1.34. The molecular weight excluding hydrogens is 727 g/mol. The van der Waals surface area contributed by atoms with Crippen LogP contribution in [0.4, 0.5) is 21.5 Å². The Morgan fingerprint density at radius 1 is 1.04 bits per heavy atom. The van der Waals surface area contributed by atoms with E-state index in [1.807, 2.05) is 6.07 Å². The number of amides is 3. The number of fused-ring (bicyclic) bond motifs is 9. The molecule has 7 atom stereocenters. The number of carbonyl (C=O) groups is 3. The predicted octanol–water partition coefficient (Wildman–Crippen LogP) is 5.94. The standard InChI is InChI=1S/C33H24BrFN4O7S2/c34-14-1-10-22(46-13-23(40)36-16-4-2-15(35)3-5-16)19(11-14)24-25-20-12-21(28(25)47-30-29(24)48-33(43)37-30)27-26(20)31(41)38(32(27)42)17-6-8-18(9-7-17)39(44)45/h1-11,20-21,24-28H,12-13H2,(H,36,40)(H,37,43)/t20-,21-,24-,25?,26?,27?,28?/m1/s1. The first-order valence-corrected chi connectivity index (χ1v) is 17.6. The number of nitro benzene ring substituents is 1. The summed E-state index contributed by atoms with van der Waals surface area (Å²) in [5, 5.41) is 14.5. The van der Waals surface area contributed by atoms with Crippen LogP contribution in [0.25, 0.3) is 0 Å². The Labute approximate surface area is 288 Å². The second-order valence-electron chi connectivity index (χ2n) is 12.3. The zero-order chi connectivity index (χ0) is 33.4. The summed E-state index contributed by atoms with van der Waals surface area (Å²) in [5.74, 6) is -2.95. The van der Waals surface area contributed by atoms with Crippen LogP contribution in [0.15, 0.2) is 81.0 Å². The molecule has 4 aliphatic rings. The Morgan fingerprint density at radius 2 is 1.75 bits per heavy atom. The molecule has 0 spiro atoms. The fourth-order valence-electron chi connectivity index (χ4n) is 8.11. The van der Waals surface area contributed by atoms with Gasteiger partial charge in [-0.25, -0.2) is 4.39 Å². The molecule has 4 unspecified atom stereocenters. The van der Waals surface area contributed by atoms with Crippen LogP contribution in [0.1, 0.15) is 22.8 Å². The molecule has 2 aliphatic carbocycles. The van der Waals surface area contributed by atoms with Crippen molar-refractivity contribution < 1.29 is 28.4 Å². The van der Waals surface area contributed by atoms with E-state index in [4.69, 9.17) is 4.74 Å². The van der Waals surface area contributed by atoms with Gasteiger partial charge in [-0.15, -0.1) is 11.8 Å². The lowest BCUT2D eigenvalue weighted by molar-refractivity contribution is -0.384. The van der Waals surface area contributed by atoms with Gasteiger partial charge in [0.05, 0.1) is 27.5 Å². The Morgan fingerprint density at radius 3 is 2.46 bits per heavy atom. The van der Waals surface area contributed by atoms with E-state index in [9.17, 15) is 33.7 Å². The number of thiazole rings is 1. The highest BCUT2D eigenvalue weighted by molar-refractivity contribution is 9.10. The van der Waals surface area contributed by atoms with Crippen molar-refractivity contribution >= 4 is 73.8 Å². The third-order valence-electron chi connectivity index (χ3n) is 9.84. The molecule has 2 bridgehead atoms. The number of ether oxygens (including phenoxy) is 1. The number of non-ortho nitro benzene ring substituents is 1. The van der Waals surface area contributed by atoms with Gasteiger partial charge in [0.1, 0.15) is 11.6 Å². The molecule has 4 aromatic rings. The summed E-state index contributed by atoms with van der Waals surface area (Å²) in [6, 6.07) is 16.3. The predicted molar refractivity (Wildman–Crippen MR) is 179 cm³/mol. The minimum atomic E-state index is -0.572. The van der Waals surface area contributed by atoms with Crippen molar-refractivity contribution in [2.45, 2.75) is 22.6 Å². The number of benzene rings is 3. The number of aromatic nitrogens is 1. The van der Waals surface area contributed by atoms with Crippen LogP contribution in [0, 0.1) is 45.5 Å². The number of nitrogens with one attached hydrogen (secondary N) is 2. The fraction of sp³-hybridized carbons (Fsp3) is 0.273. The summed E-state index contributed by atoms with van der Waals surface area (Å²) >= 11 is 6.24. The maximum absolute atomic E-state index is 14.1. The van der Waals surface area contributed by atoms with Gasteiger partial charge in [0, 0.05) is 43.9 Å². The van der Waals surface area contributed by atoms with Crippen molar-refractivity contribution in [3.05, 3.63) is 107 Å². The quantitative estimate of drug-likeness (QED) is 0.134. The molecule has 3 heterocycles. The Hall–Kier alpha value is -4.34. The first kappa shape index (κ1) is 31.0. The summed E-state index contributed by atoms with van der Waals surface area (Å²) in [6.07, 6.45) is 0.670. The number of H-pyrrole nitrogens is 1. The number of halogens is 2. The van der Waals surface area contributed by atoms with Crippen LogP contribution in [-0.2, 0) is 14.4 Å². The van der Waals surface area contributed by atoms with E-state index in [2.05, 4.69) is 26.2 Å². The second kappa shape index (κ2) is 11.7. The molecule has 3 fully saturated rings. The number of hydrogen-bond donors (Lipinski definition) is 2. The number of carbonyl (C=O) groups excluding carboxylic acids is 3. The molecule has 11 nitrogen and oxygen atoms in total. The Bertz CT molecular complexity index is 2070. The lowest BCUT2D eigenvalue weighted by atomic mass is 9.68. The van der Waals surface area contributed by atoms with E-state index in [0.29, 0.717) is 23.5 Å². The highest BCUT2D eigenvalue weighted by Crippen LogP contribution is 2.69. The number of nitrogens with zero attached hydrogens (tertiary/aromatic N) is 2. The van der Waals surface area contributed by atoms with Crippen molar-refractivity contribution in [3.8, 4) is 5.75 Å². The Balaban J connectivity index is 1.13. The molecule has 1 aromatic heterocycles. The van der Waals surface area contributed by atoms with Crippen LogP contribution in [0.3, 0.4) is 0 Å². The molecule has 2 aliphatic heterocycles. The van der Waals surface area contributed by atoms with Gasteiger partial charge in [-0.1, -0.05) is 27.3 Å². The van der Waals surface area contributed by atoms with Gasteiger partial charge in [0.15, 0.2) is 6.61 Å². The van der Waals surface area contributed by atoms with Gasteiger partial charge < -0.3 is 15.0 Å². The van der Waals surface area contributed by atoms with Crippen LogP contribution in [0.5, 0.6) is 5.75 Å². The van der Waals surface area contributed by atoms with Crippen molar-refractivity contribution in [1.82, 2.24) is 4.98 Å². The highest BCUT2D eigenvalue weighted by Gasteiger charge is 2.70. The van der Waals surface area contributed by atoms with Gasteiger partial charge in [0.25, 0.3) is 11.6 Å². The number of nitro groups is 1. The molecule has 1 saturated heterocycles. The molecule has 3 amide bonds. The number of rotatable bonds is 7. The van der Waals surface area contributed by atoms with E-state index in [-0.39, 0.29) is 57.9 Å². The maximum atomic E-state index is 14.1. The molecule has 2 N–H and O–H groups in total. The van der Waals surface area contributed by atoms with Crippen molar-refractivity contribution in [2.75, 3.05) is 16.8 Å². The molecule has 244 valence electrons. The highest BCUT2D eigenvalue weighted by atomic mass is 79.9. The van der Waals surface area contributed by atoms with Gasteiger partial charge in [-0.05, 0) is 78.8 Å². The first-order chi connectivity index (χ1) is 23.1. The lowest BCUT2D eigenvalue weighted by Crippen LogP contribution is -2.42. The molecule has 8 rings (SSSR count). The second-order valence-corrected chi connectivity index (χ2v) is 15.4. The molecular formula is C33H24BrFN4O7S2. The van der Waals surface area contributed by atoms with E-state index in [1.54, 1.807) is 23.9 Å². The third-order valence-corrected chi connectivity index (χ3v) is 12.9. The maximum Gasteiger partial charge on any atom is 0.305 e. The zero-order valence-corrected chi connectivity index (χ0v) is 27.9. The van der Waals surface area contributed by atoms with E-state index in [1.165, 1.54) is 53.4 Å². The lowest BCUT2D eigenvalue weighted by Gasteiger charge is -2.43. The van der Waals surface area contributed by atoms with Crippen molar-refractivity contribution in [3.63, 3.8) is 0 Å². The molecule has 15 heteroatoms. The minimum absolute atomic E-state index is 0.0823. The number of imide groups is 1. The number of hydrogen-bond acceptors (Lipinski definition) is 9. The average molecular weight is 752 g/mol. The molecule has 0 radical (unpaired) electrons. The Kier molecular flexibility index (Phi) is 7.53. The van der Waals surface area contributed by atoms with E-state index < -0.39 is 28.5 Å². The van der Waals surface area contributed by atoms with Crippen molar-refractivity contribution in [1.29, 1.82) is 0 Å². The van der Waals surface area contributed by atoms with Crippen molar-refractivity contribution in [2.24, 2.45) is 29.6 Å². The van der Waals surface area contributed by atoms with E-state index >= 15 is 0 Å². The SMILES string of the molecule is O=C(COc1ccc(Br)cc1[C@H]1c2sc(=O)[nH]c2SC2C1[C@H]1C[C@@H]2C2C(=O)N(c3ccc([N+](=O)[O-])cc3)C(=O)C21)Nc1ccc(F)cc1. The topological polar surface area (TPSA) is 152 Å². The largest absolute Gasteiger partial charge is 0.483 e. The monoisotopic (exact) mass is 750 g/mol.